The zero-order chi connectivity index (χ0) is 26.5. The van der Waals surface area contributed by atoms with Crippen molar-refractivity contribution >= 4 is 33.0 Å². The summed E-state index contributed by atoms with van der Waals surface area (Å²) in [5.41, 5.74) is 7.07. The van der Waals surface area contributed by atoms with Gasteiger partial charge in [-0.3, -0.25) is 9.59 Å². The highest BCUT2D eigenvalue weighted by atomic mass is 32.2. The van der Waals surface area contributed by atoms with Crippen LogP contribution in [0.25, 0.3) is 11.1 Å². The summed E-state index contributed by atoms with van der Waals surface area (Å²) in [7, 11) is -3.84. The largest absolute Gasteiger partial charge is 0.322 e. The molecule has 186 valence electrons. The summed E-state index contributed by atoms with van der Waals surface area (Å²) >= 11 is 0. The quantitative estimate of drug-likeness (QED) is 0.299. The van der Waals surface area contributed by atoms with E-state index >= 15 is 0 Å². The molecule has 6 nitrogen and oxygen atoms in total. The Bertz CT molecular complexity index is 1600. The van der Waals surface area contributed by atoms with Gasteiger partial charge in [-0.25, -0.2) is 8.42 Å². The molecule has 0 spiro atoms. The van der Waals surface area contributed by atoms with Crippen LogP contribution >= 0.6 is 0 Å². The van der Waals surface area contributed by atoms with Crippen LogP contribution in [0.4, 0.5) is 11.4 Å². The summed E-state index contributed by atoms with van der Waals surface area (Å²) < 4.78 is 26.9. The number of amides is 2. The van der Waals surface area contributed by atoms with E-state index in [0.29, 0.717) is 33.6 Å². The van der Waals surface area contributed by atoms with Gasteiger partial charge in [0.1, 0.15) is 0 Å². The summed E-state index contributed by atoms with van der Waals surface area (Å²) in [6.07, 6.45) is 0. The number of hydrogen-bond acceptors (Lipinski definition) is 4. The second-order valence-electron chi connectivity index (χ2n) is 9.43. The van der Waals surface area contributed by atoms with Crippen molar-refractivity contribution in [3.8, 4) is 11.1 Å². The van der Waals surface area contributed by atoms with Crippen molar-refractivity contribution in [1.82, 2.24) is 0 Å². The Labute approximate surface area is 216 Å². The Hall–Kier alpha value is -4.23. The van der Waals surface area contributed by atoms with Crippen molar-refractivity contribution in [2.24, 2.45) is 0 Å². The van der Waals surface area contributed by atoms with Gasteiger partial charge in [0.05, 0.1) is 9.79 Å². The molecule has 2 N–H and O–H groups in total. The number of nitrogens with one attached hydrogen (secondary N) is 2. The van der Waals surface area contributed by atoms with Crippen LogP contribution in [-0.2, 0) is 9.84 Å². The minimum absolute atomic E-state index is 0.123. The fourth-order valence-electron chi connectivity index (χ4n) is 4.38. The summed E-state index contributed by atoms with van der Waals surface area (Å²) in [6, 6.07) is 20.6. The summed E-state index contributed by atoms with van der Waals surface area (Å²) in [6.45, 7) is 7.81. The predicted molar refractivity (Wildman–Crippen MR) is 145 cm³/mol. The van der Waals surface area contributed by atoms with Gasteiger partial charge in [0.15, 0.2) is 0 Å². The Morgan fingerprint density at radius 1 is 0.541 bits per heavy atom. The number of benzene rings is 4. The summed E-state index contributed by atoms with van der Waals surface area (Å²) in [5.74, 6) is -0.625. The number of rotatable bonds is 4. The zero-order valence-electron chi connectivity index (χ0n) is 21.0. The average Bonchev–Trinajstić information content (AvgIpc) is 3.08. The lowest BCUT2D eigenvalue weighted by Gasteiger charge is -2.09. The first-order chi connectivity index (χ1) is 17.5. The van der Waals surface area contributed by atoms with E-state index in [-0.39, 0.29) is 21.6 Å². The van der Waals surface area contributed by atoms with Gasteiger partial charge in [-0.15, -0.1) is 0 Å². The number of carbonyl (C=O) groups is 2. The molecule has 1 aliphatic heterocycles. The minimum Gasteiger partial charge on any atom is -0.322 e. The van der Waals surface area contributed by atoms with Gasteiger partial charge in [-0.1, -0.05) is 24.3 Å². The van der Waals surface area contributed by atoms with E-state index in [1.165, 1.54) is 12.1 Å². The normalized spacial score (nSPS) is 13.0. The molecule has 0 bridgehead atoms. The van der Waals surface area contributed by atoms with E-state index in [1.54, 1.807) is 48.5 Å². The second kappa shape index (κ2) is 9.01. The summed E-state index contributed by atoms with van der Waals surface area (Å²) in [5, 5.41) is 5.61. The summed E-state index contributed by atoms with van der Waals surface area (Å²) in [4.78, 5) is 25.8. The third-order valence-corrected chi connectivity index (χ3v) is 8.72. The standard InChI is InChI=1S/C30H26N2O4S/c1-17-5-7-21(13-19(17)3)29(33)31-23-9-11-25-26-12-10-24(16-28(26)37(35,36)27(25)15-23)32-30(34)22-8-6-18(2)20(4)14-22/h5-16H,1-4H3,(H,31,33)(H,32,34). The molecule has 2 amide bonds. The topological polar surface area (TPSA) is 92.3 Å². The molecular formula is C30H26N2O4S. The molecule has 0 saturated carbocycles. The monoisotopic (exact) mass is 510 g/mol. The number of sulfone groups is 1. The molecule has 0 aliphatic carbocycles. The highest BCUT2D eigenvalue weighted by Crippen LogP contribution is 2.45. The fourth-order valence-corrected chi connectivity index (χ4v) is 6.12. The van der Waals surface area contributed by atoms with E-state index in [1.807, 2.05) is 39.8 Å². The molecular weight excluding hydrogens is 484 g/mol. The maximum absolute atomic E-state index is 13.4. The Morgan fingerprint density at radius 2 is 0.946 bits per heavy atom. The lowest BCUT2D eigenvalue weighted by molar-refractivity contribution is 0.101. The average molecular weight is 511 g/mol. The molecule has 5 rings (SSSR count). The smallest absolute Gasteiger partial charge is 0.255 e. The lowest BCUT2D eigenvalue weighted by Crippen LogP contribution is -2.13. The number of aryl methyl sites for hydroxylation is 4. The van der Waals surface area contributed by atoms with Crippen LogP contribution in [0, 0.1) is 27.7 Å². The van der Waals surface area contributed by atoms with E-state index in [9.17, 15) is 18.0 Å². The third-order valence-electron chi connectivity index (χ3n) is 6.89. The number of carbonyl (C=O) groups excluding carboxylic acids is 2. The number of hydrogen-bond donors (Lipinski definition) is 2. The van der Waals surface area contributed by atoms with Crippen LogP contribution in [0.15, 0.2) is 82.6 Å². The molecule has 0 atom stereocenters. The molecule has 0 radical (unpaired) electrons. The maximum atomic E-state index is 13.4. The highest BCUT2D eigenvalue weighted by Gasteiger charge is 2.33. The number of fused-ring (bicyclic) bond motifs is 3. The van der Waals surface area contributed by atoms with E-state index < -0.39 is 9.84 Å². The van der Waals surface area contributed by atoms with Crippen molar-refractivity contribution < 1.29 is 18.0 Å². The Morgan fingerprint density at radius 3 is 1.32 bits per heavy atom. The van der Waals surface area contributed by atoms with E-state index in [2.05, 4.69) is 10.6 Å². The van der Waals surface area contributed by atoms with Crippen LogP contribution < -0.4 is 10.6 Å². The van der Waals surface area contributed by atoms with Crippen LogP contribution in [0.3, 0.4) is 0 Å². The van der Waals surface area contributed by atoms with E-state index in [0.717, 1.165) is 22.3 Å². The van der Waals surface area contributed by atoms with Crippen LogP contribution in [0.5, 0.6) is 0 Å². The first kappa shape index (κ1) is 24.5. The molecule has 0 aromatic heterocycles. The maximum Gasteiger partial charge on any atom is 0.255 e. The van der Waals surface area contributed by atoms with Gasteiger partial charge in [-0.05, 0) is 98.5 Å². The van der Waals surface area contributed by atoms with Crippen molar-refractivity contribution in [3.05, 3.63) is 106 Å². The van der Waals surface area contributed by atoms with Gasteiger partial charge in [0.25, 0.3) is 11.8 Å². The molecule has 0 saturated heterocycles. The van der Waals surface area contributed by atoms with Crippen molar-refractivity contribution in [2.75, 3.05) is 10.6 Å². The Balaban J connectivity index is 1.41. The van der Waals surface area contributed by atoms with Crippen LogP contribution in [0.2, 0.25) is 0 Å². The first-order valence-electron chi connectivity index (χ1n) is 11.9. The molecule has 0 unspecified atom stereocenters. The second-order valence-corrected chi connectivity index (χ2v) is 11.3. The molecule has 37 heavy (non-hydrogen) atoms. The van der Waals surface area contributed by atoms with E-state index in [4.69, 9.17) is 0 Å². The molecule has 1 aliphatic rings. The van der Waals surface area contributed by atoms with Crippen LogP contribution in [-0.4, -0.2) is 20.2 Å². The van der Waals surface area contributed by atoms with Crippen molar-refractivity contribution in [2.45, 2.75) is 37.5 Å². The molecule has 0 fully saturated rings. The predicted octanol–water partition coefficient (Wildman–Crippen LogP) is 6.24. The third kappa shape index (κ3) is 4.42. The van der Waals surface area contributed by atoms with Gasteiger partial charge in [0, 0.05) is 33.6 Å². The van der Waals surface area contributed by atoms with Gasteiger partial charge in [0.2, 0.25) is 9.84 Å². The molecule has 7 heteroatoms. The van der Waals surface area contributed by atoms with Gasteiger partial charge in [-0.2, -0.15) is 0 Å². The Kier molecular flexibility index (Phi) is 5.96. The van der Waals surface area contributed by atoms with Gasteiger partial charge >= 0.3 is 0 Å². The number of anilines is 2. The van der Waals surface area contributed by atoms with Gasteiger partial charge < -0.3 is 10.6 Å². The molecule has 1 heterocycles. The lowest BCUT2D eigenvalue weighted by atomic mass is 10.0. The molecule has 4 aromatic rings. The first-order valence-corrected chi connectivity index (χ1v) is 13.3. The van der Waals surface area contributed by atoms with Crippen molar-refractivity contribution in [3.63, 3.8) is 0 Å². The highest BCUT2D eigenvalue weighted by molar-refractivity contribution is 7.92. The minimum atomic E-state index is -3.84. The molecule has 4 aromatic carbocycles. The SMILES string of the molecule is Cc1ccc(C(=O)Nc2ccc3c(c2)S(=O)(=O)c2cc(NC(=O)c4ccc(C)c(C)c4)ccc2-3)cc1C. The van der Waals surface area contributed by atoms with Crippen molar-refractivity contribution in [1.29, 1.82) is 0 Å². The fraction of sp³-hybridized carbons (Fsp3) is 0.133. The zero-order valence-corrected chi connectivity index (χ0v) is 21.8. The van der Waals surface area contributed by atoms with Crippen LogP contribution in [0.1, 0.15) is 43.0 Å².